The fourth-order valence-electron chi connectivity index (χ4n) is 1.91. The van der Waals surface area contributed by atoms with Crippen molar-refractivity contribution in [3.05, 3.63) is 0 Å². The smallest absolute Gasteiger partial charge is 0.317 e. The Kier molecular flexibility index (Phi) is 4.08. The lowest BCUT2D eigenvalue weighted by molar-refractivity contribution is -0.139. The van der Waals surface area contributed by atoms with E-state index in [1.54, 1.807) is 4.90 Å². The summed E-state index contributed by atoms with van der Waals surface area (Å²) < 4.78 is 0. The molecular weight excluding hydrogens is 196 g/mol. The molecule has 0 aromatic heterocycles. The van der Waals surface area contributed by atoms with E-state index in [2.05, 4.69) is 19.2 Å². The molecule has 0 spiro atoms. The van der Waals surface area contributed by atoms with E-state index in [-0.39, 0.29) is 25.0 Å². The Morgan fingerprint density at radius 1 is 1.67 bits per heavy atom. The normalized spacial score (nSPS) is 22.9. The summed E-state index contributed by atoms with van der Waals surface area (Å²) in [5, 5.41) is 11.5. The Morgan fingerprint density at radius 3 is 2.87 bits per heavy atom. The van der Waals surface area contributed by atoms with E-state index in [4.69, 9.17) is 5.11 Å². The number of hydrogen-bond donors (Lipinski definition) is 2. The molecule has 15 heavy (non-hydrogen) atoms. The van der Waals surface area contributed by atoms with Gasteiger partial charge in [0.2, 0.25) is 5.91 Å². The fraction of sp³-hybridized carbons (Fsp3) is 0.800. The molecule has 0 unspecified atom stereocenters. The van der Waals surface area contributed by atoms with Crippen LogP contribution in [0.5, 0.6) is 0 Å². The van der Waals surface area contributed by atoms with E-state index >= 15 is 0 Å². The van der Waals surface area contributed by atoms with Gasteiger partial charge in [-0.2, -0.15) is 0 Å². The van der Waals surface area contributed by atoms with Crippen LogP contribution >= 0.6 is 0 Å². The van der Waals surface area contributed by atoms with Gasteiger partial charge in [0, 0.05) is 12.6 Å². The van der Waals surface area contributed by atoms with Crippen molar-refractivity contribution < 1.29 is 14.7 Å². The number of carboxylic acids is 1. The summed E-state index contributed by atoms with van der Waals surface area (Å²) in [6.07, 6.45) is 0.891. The van der Waals surface area contributed by atoms with Gasteiger partial charge in [-0.1, -0.05) is 13.8 Å². The third-order valence-corrected chi connectivity index (χ3v) is 2.33. The largest absolute Gasteiger partial charge is 0.480 e. The molecule has 0 radical (unpaired) electrons. The average Bonchev–Trinajstić information content (AvgIpc) is 1.98. The van der Waals surface area contributed by atoms with Crippen LogP contribution in [-0.2, 0) is 9.59 Å². The summed E-state index contributed by atoms with van der Waals surface area (Å²) in [6.45, 7) is 4.95. The molecule has 1 saturated heterocycles. The van der Waals surface area contributed by atoms with E-state index in [1.807, 2.05) is 0 Å². The highest BCUT2D eigenvalue weighted by molar-refractivity contribution is 5.80. The summed E-state index contributed by atoms with van der Waals surface area (Å²) in [6, 6.07) is 0.0885. The molecule has 5 heteroatoms. The van der Waals surface area contributed by atoms with Gasteiger partial charge in [0.25, 0.3) is 0 Å². The van der Waals surface area contributed by atoms with Gasteiger partial charge in [-0.05, 0) is 12.3 Å². The molecule has 0 aromatic rings. The first-order chi connectivity index (χ1) is 6.97. The fourth-order valence-corrected chi connectivity index (χ4v) is 1.91. The molecule has 0 aromatic carbocycles. The second-order valence-corrected chi connectivity index (χ2v) is 4.46. The Balaban J connectivity index is 2.48. The van der Waals surface area contributed by atoms with Crippen molar-refractivity contribution in [3.8, 4) is 0 Å². The van der Waals surface area contributed by atoms with Crippen molar-refractivity contribution >= 4 is 11.9 Å². The van der Waals surface area contributed by atoms with Crippen LogP contribution < -0.4 is 5.32 Å². The van der Waals surface area contributed by atoms with Crippen LogP contribution in [0.2, 0.25) is 0 Å². The number of aliphatic carboxylic acids is 1. The number of rotatable bonds is 4. The molecule has 1 heterocycles. The second kappa shape index (κ2) is 5.11. The predicted molar refractivity (Wildman–Crippen MR) is 55.5 cm³/mol. The number of carboxylic acid groups (broad SMARTS) is 1. The molecule has 1 aliphatic rings. The van der Waals surface area contributed by atoms with Gasteiger partial charge >= 0.3 is 5.97 Å². The van der Waals surface area contributed by atoms with Crippen molar-refractivity contribution in [3.63, 3.8) is 0 Å². The lowest BCUT2D eigenvalue weighted by Crippen LogP contribution is -2.55. The number of carbonyl (C=O) groups is 2. The van der Waals surface area contributed by atoms with Gasteiger partial charge in [-0.15, -0.1) is 0 Å². The van der Waals surface area contributed by atoms with Crippen molar-refractivity contribution in [1.29, 1.82) is 0 Å². The van der Waals surface area contributed by atoms with E-state index < -0.39 is 5.97 Å². The molecule has 5 nitrogen and oxygen atoms in total. The first-order valence-corrected chi connectivity index (χ1v) is 5.21. The minimum Gasteiger partial charge on any atom is -0.480 e. The molecule has 0 bridgehead atoms. The lowest BCUT2D eigenvalue weighted by Gasteiger charge is -2.32. The van der Waals surface area contributed by atoms with E-state index in [1.165, 1.54) is 0 Å². The van der Waals surface area contributed by atoms with Crippen LogP contribution in [-0.4, -0.2) is 47.6 Å². The highest BCUT2D eigenvalue weighted by Crippen LogP contribution is 2.09. The van der Waals surface area contributed by atoms with Gasteiger partial charge in [0.05, 0.1) is 13.1 Å². The standard InChI is InChI=1S/C10H18N2O3/c1-7(2)3-8-4-12(6-10(14)15)5-9(13)11-8/h7-8H,3-6H2,1-2H3,(H,11,13)(H,14,15)/t8-/m0/s1. The monoisotopic (exact) mass is 214 g/mol. The zero-order valence-electron chi connectivity index (χ0n) is 9.19. The van der Waals surface area contributed by atoms with Gasteiger partial charge in [0.1, 0.15) is 0 Å². The second-order valence-electron chi connectivity index (χ2n) is 4.46. The quantitative estimate of drug-likeness (QED) is 0.686. The molecule has 1 fully saturated rings. The first-order valence-electron chi connectivity index (χ1n) is 5.21. The average molecular weight is 214 g/mol. The zero-order valence-corrected chi connectivity index (χ0v) is 9.19. The maximum absolute atomic E-state index is 11.3. The molecule has 1 aliphatic heterocycles. The summed E-state index contributed by atoms with van der Waals surface area (Å²) in [4.78, 5) is 23.5. The van der Waals surface area contributed by atoms with Crippen molar-refractivity contribution in [2.24, 2.45) is 5.92 Å². The third kappa shape index (κ3) is 4.29. The maximum Gasteiger partial charge on any atom is 0.317 e. The van der Waals surface area contributed by atoms with Crippen molar-refractivity contribution in [2.75, 3.05) is 19.6 Å². The van der Waals surface area contributed by atoms with Crippen LogP contribution in [0.25, 0.3) is 0 Å². The molecule has 1 atom stereocenters. The molecule has 2 N–H and O–H groups in total. The molecule has 1 amide bonds. The van der Waals surface area contributed by atoms with E-state index in [9.17, 15) is 9.59 Å². The minimum atomic E-state index is -0.881. The highest BCUT2D eigenvalue weighted by atomic mass is 16.4. The lowest BCUT2D eigenvalue weighted by atomic mass is 10.0. The van der Waals surface area contributed by atoms with Crippen molar-refractivity contribution in [1.82, 2.24) is 10.2 Å². The summed E-state index contributed by atoms with van der Waals surface area (Å²) in [7, 11) is 0. The third-order valence-electron chi connectivity index (χ3n) is 2.33. The molecule has 1 rings (SSSR count). The van der Waals surface area contributed by atoms with Crippen molar-refractivity contribution in [2.45, 2.75) is 26.3 Å². The van der Waals surface area contributed by atoms with Crippen LogP contribution in [0, 0.1) is 5.92 Å². The molecule has 0 aliphatic carbocycles. The maximum atomic E-state index is 11.3. The number of carbonyl (C=O) groups excluding carboxylic acids is 1. The summed E-state index contributed by atoms with van der Waals surface area (Å²) >= 11 is 0. The Morgan fingerprint density at radius 2 is 2.33 bits per heavy atom. The van der Waals surface area contributed by atoms with Gasteiger partial charge in [-0.3, -0.25) is 14.5 Å². The van der Waals surface area contributed by atoms with Crippen LogP contribution in [0.4, 0.5) is 0 Å². The number of piperazine rings is 1. The van der Waals surface area contributed by atoms with Gasteiger partial charge < -0.3 is 10.4 Å². The van der Waals surface area contributed by atoms with Crippen LogP contribution in [0.15, 0.2) is 0 Å². The van der Waals surface area contributed by atoms with Gasteiger partial charge in [0.15, 0.2) is 0 Å². The SMILES string of the molecule is CC(C)C[C@H]1CN(CC(=O)O)CC(=O)N1. The zero-order chi connectivity index (χ0) is 11.4. The topological polar surface area (TPSA) is 69.6 Å². The summed E-state index contributed by atoms with van der Waals surface area (Å²) in [5.41, 5.74) is 0. The number of nitrogens with one attached hydrogen (secondary N) is 1. The van der Waals surface area contributed by atoms with Crippen LogP contribution in [0.1, 0.15) is 20.3 Å². The summed E-state index contributed by atoms with van der Waals surface area (Å²) in [5.74, 6) is -0.457. The van der Waals surface area contributed by atoms with Crippen LogP contribution in [0.3, 0.4) is 0 Å². The Bertz CT molecular complexity index is 251. The van der Waals surface area contributed by atoms with Gasteiger partial charge in [-0.25, -0.2) is 0 Å². The highest BCUT2D eigenvalue weighted by Gasteiger charge is 2.25. The molecule has 86 valence electrons. The molecular formula is C10H18N2O3. The Hall–Kier alpha value is -1.10. The predicted octanol–water partition coefficient (Wildman–Crippen LogP) is -0.0825. The minimum absolute atomic E-state index is 0.0536. The first kappa shape index (κ1) is 12.0. The van der Waals surface area contributed by atoms with E-state index in [0.29, 0.717) is 12.5 Å². The van der Waals surface area contributed by atoms with E-state index in [0.717, 1.165) is 6.42 Å². The molecule has 0 saturated carbocycles. The number of amides is 1. The number of hydrogen-bond acceptors (Lipinski definition) is 3. The Labute approximate surface area is 89.4 Å². The number of nitrogens with zero attached hydrogens (tertiary/aromatic N) is 1.